The molecule has 17 heavy (non-hydrogen) atoms. The van der Waals surface area contributed by atoms with Crippen LogP contribution in [0, 0.1) is 5.41 Å². The van der Waals surface area contributed by atoms with Crippen LogP contribution in [0.3, 0.4) is 0 Å². The van der Waals surface area contributed by atoms with Gasteiger partial charge in [0.15, 0.2) is 0 Å². The predicted molar refractivity (Wildman–Crippen MR) is 66.8 cm³/mol. The van der Waals surface area contributed by atoms with E-state index in [0.29, 0.717) is 12.5 Å². The van der Waals surface area contributed by atoms with Crippen LogP contribution in [0.5, 0.6) is 0 Å². The Kier molecular flexibility index (Phi) is 4.05. The Morgan fingerprint density at radius 2 is 2.18 bits per heavy atom. The Hall–Kier alpha value is -0.610. The zero-order valence-corrected chi connectivity index (χ0v) is 11.0. The van der Waals surface area contributed by atoms with Crippen LogP contribution in [0.15, 0.2) is 0 Å². The largest absolute Gasteiger partial charge is 0.375 e. The van der Waals surface area contributed by atoms with Crippen molar-refractivity contribution in [3.63, 3.8) is 0 Å². The first-order valence-electron chi connectivity index (χ1n) is 6.77. The molecule has 1 atom stereocenters. The van der Waals surface area contributed by atoms with Crippen LogP contribution < -0.4 is 5.32 Å². The van der Waals surface area contributed by atoms with E-state index in [2.05, 4.69) is 19.2 Å². The van der Waals surface area contributed by atoms with E-state index >= 15 is 0 Å². The Morgan fingerprint density at radius 3 is 2.82 bits per heavy atom. The van der Waals surface area contributed by atoms with Gasteiger partial charge < -0.3 is 15.0 Å². The van der Waals surface area contributed by atoms with Crippen molar-refractivity contribution in [2.75, 3.05) is 32.8 Å². The van der Waals surface area contributed by atoms with Gasteiger partial charge >= 0.3 is 0 Å². The summed E-state index contributed by atoms with van der Waals surface area (Å²) in [6, 6.07) is 0. The highest BCUT2D eigenvalue weighted by atomic mass is 16.5. The second-order valence-corrected chi connectivity index (χ2v) is 5.46. The lowest BCUT2D eigenvalue weighted by Crippen LogP contribution is -2.53. The Morgan fingerprint density at radius 1 is 1.47 bits per heavy atom. The van der Waals surface area contributed by atoms with Crippen molar-refractivity contribution in [3.05, 3.63) is 0 Å². The lowest BCUT2D eigenvalue weighted by Gasteiger charge is -2.40. The molecular formula is C13H24N2O2. The zero-order valence-electron chi connectivity index (χ0n) is 11.0. The number of nitrogens with one attached hydrogen (secondary N) is 1. The lowest BCUT2D eigenvalue weighted by molar-refractivity contribution is -0.150. The lowest BCUT2D eigenvalue weighted by atomic mass is 9.79. The molecule has 2 fully saturated rings. The molecule has 2 aliphatic heterocycles. The molecule has 2 saturated heterocycles. The number of rotatable bonds is 2. The molecular weight excluding hydrogens is 216 g/mol. The maximum absolute atomic E-state index is 12.6. The molecule has 0 spiro atoms. The van der Waals surface area contributed by atoms with Crippen molar-refractivity contribution in [3.8, 4) is 0 Å². The van der Waals surface area contributed by atoms with Crippen molar-refractivity contribution in [1.29, 1.82) is 0 Å². The van der Waals surface area contributed by atoms with Crippen molar-refractivity contribution in [2.45, 2.75) is 39.2 Å². The minimum atomic E-state index is -0.152. The molecule has 0 radical (unpaired) electrons. The molecule has 0 bridgehead atoms. The first kappa shape index (κ1) is 12.8. The molecule has 0 saturated carbocycles. The van der Waals surface area contributed by atoms with Crippen molar-refractivity contribution >= 4 is 5.91 Å². The van der Waals surface area contributed by atoms with Gasteiger partial charge in [-0.15, -0.1) is 0 Å². The topological polar surface area (TPSA) is 41.6 Å². The van der Waals surface area contributed by atoms with Crippen LogP contribution in [-0.4, -0.2) is 49.7 Å². The van der Waals surface area contributed by atoms with Crippen LogP contribution in [0.2, 0.25) is 0 Å². The average molecular weight is 240 g/mol. The van der Waals surface area contributed by atoms with Crippen molar-refractivity contribution < 1.29 is 9.53 Å². The fourth-order valence-electron chi connectivity index (χ4n) is 2.72. The number of ether oxygens (including phenoxy) is 1. The Balaban J connectivity index is 1.98. The number of piperidine rings is 1. The molecule has 4 heteroatoms. The second-order valence-electron chi connectivity index (χ2n) is 5.46. The van der Waals surface area contributed by atoms with Gasteiger partial charge in [-0.1, -0.05) is 13.8 Å². The van der Waals surface area contributed by atoms with Gasteiger partial charge in [0.1, 0.15) is 0 Å². The highest BCUT2D eigenvalue weighted by molar-refractivity contribution is 5.82. The van der Waals surface area contributed by atoms with Crippen LogP contribution in [0.1, 0.15) is 33.1 Å². The fourth-order valence-corrected chi connectivity index (χ4v) is 2.72. The quantitative estimate of drug-likeness (QED) is 0.783. The number of carbonyl (C=O) groups is 1. The average Bonchev–Trinajstić information content (AvgIpc) is 2.39. The first-order valence-corrected chi connectivity index (χ1v) is 6.77. The molecule has 4 nitrogen and oxygen atoms in total. The van der Waals surface area contributed by atoms with E-state index in [1.165, 1.54) is 0 Å². The van der Waals surface area contributed by atoms with Gasteiger partial charge in [-0.3, -0.25) is 4.79 Å². The summed E-state index contributed by atoms with van der Waals surface area (Å²) in [5.74, 6) is 0.334. The third kappa shape index (κ3) is 2.80. The minimum Gasteiger partial charge on any atom is -0.375 e. The van der Waals surface area contributed by atoms with Gasteiger partial charge in [0, 0.05) is 18.5 Å². The standard InChI is InChI=1S/C13H24N2O2/c1-3-11-10-15(8-9-17-11)12(16)13(2)4-6-14-7-5-13/h11,14H,3-10H2,1-2H3. The Bertz CT molecular complexity index is 275. The summed E-state index contributed by atoms with van der Waals surface area (Å²) in [5.41, 5.74) is -0.152. The van der Waals surface area contributed by atoms with E-state index in [4.69, 9.17) is 4.74 Å². The summed E-state index contributed by atoms with van der Waals surface area (Å²) < 4.78 is 5.62. The van der Waals surface area contributed by atoms with Gasteiger partial charge in [-0.05, 0) is 32.4 Å². The number of hydrogen-bond donors (Lipinski definition) is 1. The SMILES string of the molecule is CCC1CN(C(=O)C2(C)CCNCC2)CCO1. The monoisotopic (exact) mass is 240 g/mol. The molecule has 0 aromatic rings. The van der Waals surface area contributed by atoms with E-state index < -0.39 is 0 Å². The molecule has 0 aromatic heterocycles. The van der Waals surface area contributed by atoms with Crippen molar-refractivity contribution in [2.24, 2.45) is 5.41 Å². The molecule has 0 aliphatic carbocycles. The summed E-state index contributed by atoms with van der Waals surface area (Å²) in [5, 5.41) is 3.32. The molecule has 98 valence electrons. The molecule has 0 aromatic carbocycles. The smallest absolute Gasteiger partial charge is 0.228 e. The van der Waals surface area contributed by atoms with Gasteiger partial charge in [0.05, 0.1) is 12.7 Å². The van der Waals surface area contributed by atoms with Crippen LogP contribution in [-0.2, 0) is 9.53 Å². The van der Waals surface area contributed by atoms with Crippen molar-refractivity contribution in [1.82, 2.24) is 10.2 Å². The normalized spacial score (nSPS) is 29.1. The van der Waals surface area contributed by atoms with Crippen LogP contribution >= 0.6 is 0 Å². The molecule has 2 heterocycles. The van der Waals surface area contributed by atoms with Gasteiger partial charge in [-0.25, -0.2) is 0 Å². The Labute approximate surface area is 104 Å². The number of hydrogen-bond acceptors (Lipinski definition) is 3. The van der Waals surface area contributed by atoms with E-state index in [9.17, 15) is 4.79 Å². The molecule has 1 N–H and O–H groups in total. The number of amides is 1. The summed E-state index contributed by atoms with van der Waals surface area (Å²) in [6.45, 7) is 8.39. The zero-order chi connectivity index (χ0) is 12.3. The molecule has 2 aliphatic rings. The summed E-state index contributed by atoms with van der Waals surface area (Å²) >= 11 is 0. The van der Waals surface area contributed by atoms with E-state index in [-0.39, 0.29) is 11.5 Å². The third-order valence-corrected chi connectivity index (χ3v) is 4.10. The molecule has 1 unspecified atom stereocenters. The second kappa shape index (κ2) is 5.36. The summed E-state index contributed by atoms with van der Waals surface area (Å²) in [4.78, 5) is 14.6. The maximum atomic E-state index is 12.6. The van der Waals surface area contributed by atoms with Crippen LogP contribution in [0.4, 0.5) is 0 Å². The first-order chi connectivity index (χ1) is 8.15. The van der Waals surface area contributed by atoms with E-state index in [1.807, 2.05) is 4.90 Å². The van der Waals surface area contributed by atoms with E-state index in [0.717, 1.165) is 45.4 Å². The third-order valence-electron chi connectivity index (χ3n) is 4.10. The summed E-state index contributed by atoms with van der Waals surface area (Å²) in [7, 11) is 0. The highest BCUT2D eigenvalue weighted by Crippen LogP contribution is 2.31. The fraction of sp³-hybridized carbons (Fsp3) is 0.923. The maximum Gasteiger partial charge on any atom is 0.228 e. The molecule has 1 amide bonds. The minimum absolute atomic E-state index is 0.152. The summed E-state index contributed by atoms with van der Waals surface area (Å²) in [6.07, 6.45) is 3.14. The number of nitrogens with zero attached hydrogens (tertiary/aromatic N) is 1. The predicted octanol–water partition coefficient (Wildman–Crippen LogP) is 1.01. The number of carbonyl (C=O) groups excluding carboxylic acids is 1. The van der Waals surface area contributed by atoms with Crippen LogP contribution in [0.25, 0.3) is 0 Å². The highest BCUT2D eigenvalue weighted by Gasteiger charge is 2.38. The van der Waals surface area contributed by atoms with Gasteiger partial charge in [0.2, 0.25) is 5.91 Å². The molecule has 2 rings (SSSR count). The van der Waals surface area contributed by atoms with E-state index in [1.54, 1.807) is 0 Å². The van der Waals surface area contributed by atoms with Gasteiger partial charge in [-0.2, -0.15) is 0 Å². The van der Waals surface area contributed by atoms with Gasteiger partial charge in [0.25, 0.3) is 0 Å². The number of morpholine rings is 1.